The van der Waals surface area contributed by atoms with Crippen molar-refractivity contribution >= 4 is 17.6 Å². The molecule has 4 heteroatoms. The molecule has 0 fully saturated rings. The quantitative estimate of drug-likeness (QED) is 0.781. The standard InChI is InChI=1S/C12H15ClO3/c1-16-11-6-3-9(4-7-11)2-5-10(13)8-12(14)15/h3-4,6-7,10H,2,5,8H2,1H3,(H,14,15). The molecule has 0 heterocycles. The van der Waals surface area contributed by atoms with Gasteiger partial charge in [0.1, 0.15) is 5.75 Å². The van der Waals surface area contributed by atoms with E-state index < -0.39 is 5.97 Å². The van der Waals surface area contributed by atoms with E-state index in [1.165, 1.54) is 0 Å². The molecule has 0 bridgehead atoms. The zero-order valence-corrected chi connectivity index (χ0v) is 9.91. The van der Waals surface area contributed by atoms with Gasteiger partial charge >= 0.3 is 5.97 Å². The Balaban J connectivity index is 2.39. The number of carboxylic acids is 1. The van der Waals surface area contributed by atoms with E-state index in [2.05, 4.69) is 0 Å². The van der Waals surface area contributed by atoms with E-state index >= 15 is 0 Å². The smallest absolute Gasteiger partial charge is 0.304 e. The number of rotatable bonds is 6. The second-order valence-corrected chi connectivity index (χ2v) is 4.20. The molecule has 3 nitrogen and oxygen atoms in total. The van der Waals surface area contributed by atoms with Crippen LogP contribution in [0.3, 0.4) is 0 Å². The topological polar surface area (TPSA) is 46.5 Å². The highest BCUT2D eigenvalue weighted by Crippen LogP contribution is 2.15. The van der Waals surface area contributed by atoms with Crippen LogP contribution < -0.4 is 4.74 Å². The maximum atomic E-state index is 10.4. The van der Waals surface area contributed by atoms with Gasteiger partial charge in [0.2, 0.25) is 0 Å². The highest BCUT2D eigenvalue weighted by Gasteiger charge is 2.09. The van der Waals surface area contributed by atoms with Crippen molar-refractivity contribution in [3.05, 3.63) is 29.8 Å². The average Bonchev–Trinajstić information content (AvgIpc) is 2.26. The number of alkyl halides is 1. The minimum Gasteiger partial charge on any atom is -0.497 e. The first-order valence-electron chi connectivity index (χ1n) is 5.10. The minimum atomic E-state index is -0.852. The van der Waals surface area contributed by atoms with Gasteiger partial charge in [-0.2, -0.15) is 0 Å². The lowest BCUT2D eigenvalue weighted by molar-refractivity contribution is -0.137. The Kier molecular flexibility index (Phi) is 5.12. The summed E-state index contributed by atoms with van der Waals surface area (Å²) in [5, 5.41) is 8.24. The Morgan fingerprint density at radius 2 is 2.06 bits per heavy atom. The number of benzene rings is 1. The first-order chi connectivity index (χ1) is 7.61. The predicted molar refractivity (Wildman–Crippen MR) is 63.2 cm³/mol. The van der Waals surface area contributed by atoms with Gasteiger partial charge in [-0.25, -0.2) is 0 Å². The van der Waals surface area contributed by atoms with Crippen molar-refractivity contribution in [1.82, 2.24) is 0 Å². The summed E-state index contributed by atoms with van der Waals surface area (Å²) < 4.78 is 5.04. The maximum Gasteiger partial charge on any atom is 0.304 e. The van der Waals surface area contributed by atoms with Gasteiger partial charge in [0.25, 0.3) is 0 Å². The number of carbonyl (C=O) groups is 1. The third-order valence-corrected chi connectivity index (χ3v) is 2.67. The maximum absolute atomic E-state index is 10.4. The molecular weight excluding hydrogens is 228 g/mol. The fourth-order valence-corrected chi connectivity index (χ4v) is 1.65. The van der Waals surface area contributed by atoms with Crippen molar-refractivity contribution in [3.63, 3.8) is 0 Å². The minimum absolute atomic E-state index is 0.0116. The van der Waals surface area contributed by atoms with E-state index in [4.69, 9.17) is 21.4 Å². The summed E-state index contributed by atoms with van der Waals surface area (Å²) in [7, 11) is 1.62. The molecule has 1 N–H and O–H groups in total. The predicted octanol–water partition coefficient (Wildman–Crippen LogP) is 2.71. The van der Waals surface area contributed by atoms with Crippen LogP contribution in [-0.4, -0.2) is 23.6 Å². The van der Waals surface area contributed by atoms with E-state index in [-0.39, 0.29) is 11.8 Å². The van der Waals surface area contributed by atoms with Crippen LogP contribution >= 0.6 is 11.6 Å². The Bertz CT molecular complexity index is 335. The largest absolute Gasteiger partial charge is 0.497 e. The second kappa shape index (κ2) is 6.38. The number of aliphatic carboxylic acids is 1. The molecule has 0 aliphatic heterocycles. The fourth-order valence-electron chi connectivity index (χ4n) is 1.41. The molecule has 1 rings (SSSR count). The van der Waals surface area contributed by atoms with Crippen LogP contribution in [0.2, 0.25) is 0 Å². The highest BCUT2D eigenvalue weighted by molar-refractivity contribution is 6.21. The molecule has 1 atom stereocenters. The normalized spacial score (nSPS) is 12.1. The molecule has 0 amide bonds. The number of halogens is 1. The average molecular weight is 243 g/mol. The first kappa shape index (κ1) is 12.8. The molecule has 0 aliphatic carbocycles. The van der Waals surface area contributed by atoms with E-state index in [0.717, 1.165) is 17.7 Å². The van der Waals surface area contributed by atoms with Gasteiger partial charge in [-0.05, 0) is 30.5 Å². The summed E-state index contributed by atoms with van der Waals surface area (Å²) in [5.41, 5.74) is 1.14. The Hall–Kier alpha value is -1.22. The summed E-state index contributed by atoms with van der Waals surface area (Å²) in [6.07, 6.45) is 1.46. The molecule has 0 saturated heterocycles. The summed E-state index contributed by atoms with van der Waals surface area (Å²) in [6.45, 7) is 0. The van der Waals surface area contributed by atoms with E-state index in [1.807, 2.05) is 24.3 Å². The number of hydrogen-bond acceptors (Lipinski definition) is 2. The van der Waals surface area contributed by atoms with Crippen LogP contribution in [0, 0.1) is 0 Å². The molecule has 88 valence electrons. The second-order valence-electron chi connectivity index (χ2n) is 3.58. The van der Waals surface area contributed by atoms with E-state index in [9.17, 15) is 4.79 Å². The summed E-state index contributed by atoms with van der Waals surface area (Å²) >= 11 is 5.88. The highest BCUT2D eigenvalue weighted by atomic mass is 35.5. The molecule has 0 aromatic heterocycles. The van der Waals surface area contributed by atoms with Crippen molar-refractivity contribution in [2.75, 3.05) is 7.11 Å². The van der Waals surface area contributed by atoms with Crippen LogP contribution in [0.15, 0.2) is 24.3 Å². The number of ether oxygens (including phenoxy) is 1. The van der Waals surface area contributed by atoms with Gasteiger partial charge in [-0.3, -0.25) is 4.79 Å². The molecule has 0 saturated carbocycles. The molecule has 1 unspecified atom stereocenters. The Labute approximate surface area is 100.0 Å². The van der Waals surface area contributed by atoms with Gasteiger partial charge in [0.05, 0.1) is 13.5 Å². The molecule has 1 aromatic carbocycles. The summed E-state index contributed by atoms with van der Waals surface area (Å²) in [5.74, 6) is -0.0357. The van der Waals surface area contributed by atoms with Crippen LogP contribution in [-0.2, 0) is 11.2 Å². The van der Waals surface area contributed by atoms with Gasteiger partial charge in [-0.15, -0.1) is 11.6 Å². The number of carboxylic acid groups (broad SMARTS) is 1. The monoisotopic (exact) mass is 242 g/mol. The third kappa shape index (κ3) is 4.53. The lowest BCUT2D eigenvalue weighted by Gasteiger charge is -2.07. The lowest BCUT2D eigenvalue weighted by Crippen LogP contribution is -2.08. The van der Waals surface area contributed by atoms with Crippen molar-refractivity contribution in [2.45, 2.75) is 24.6 Å². The number of methoxy groups -OCH3 is 1. The molecule has 0 spiro atoms. The molecular formula is C12H15ClO3. The summed E-state index contributed by atoms with van der Waals surface area (Å²) in [4.78, 5) is 10.4. The van der Waals surface area contributed by atoms with Crippen molar-refractivity contribution in [3.8, 4) is 5.75 Å². The van der Waals surface area contributed by atoms with Crippen LogP contribution in [0.4, 0.5) is 0 Å². The zero-order valence-electron chi connectivity index (χ0n) is 9.15. The molecule has 1 aromatic rings. The van der Waals surface area contributed by atoms with Crippen molar-refractivity contribution in [1.29, 1.82) is 0 Å². The third-order valence-electron chi connectivity index (χ3n) is 2.30. The van der Waals surface area contributed by atoms with Gasteiger partial charge in [-0.1, -0.05) is 12.1 Å². The molecule has 0 radical (unpaired) electrons. The van der Waals surface area contributed by atoms with Gasteiger partial charge in [0.15, 0.2) is 0 Å². The first-order valence-corrected chi connectivity index (χ1v) is 5.54. The molecule has 16 heavy (non-hydrogen) atoms. The van der Waals surface area contributed by atoms with Crippen molar-refractivity contribution < 1.29 is 14.6 Å². The van der Waals surface area contributed by atoms with Crippen LogP contribution in [0.1, 0.15) is 18.4 Å². The summed E-state index contributed by atoms with van der Waals surface area (Å²) in [6, 6.07) is 7.69. The van der Waals surface area contributed by atoms with Crippen LogP contribution in [0.25, 0.3) is 0 Å². The lowest BCUT2D eigenvalue weighted by atomic mass is 10.1. The number of hydrogen-bond donors (Lipinski definition) is 1. The van der Waals surface area contributed by atoms with Gasteiger partial charge in [0, 0.05) is 5.38 Å². The van der Waals surface area contributed by atoms with Gasteiger partial charge < -0.3 is 9.84 Å². The van der Waals surface area contributed by atoms with Crippen molar-refractivity contribution in [2.24, 2.45) is 0 Å². The van der Waals surface area contributed by atoms with E-state index in [1.54, 1.807) is 7.11 Å². The SMILES string of the molecule is COc1ccc(CCC(Cl)CC(=O)O)cc1. The molecule has 0 aliphatic rings. The Morgan fingerprint density at radius 1 is 1.44 bits per heavy atom. The Morgan fingerprint density at radius 3 is 2.56 bits per heavy atom. The fraction of sp³-hybridized carbons (Fsp3) is 0.417. The number of aryl methyl sites for hydroxylation is 1. The van der Waals surface area contributed by atoms with Crippen LogP contribution in [0.5, 0.6) is 5.75 Å². The van der Waals surface area contributed by atoms with E-state index in [0.29, 0.717) is 6.42 Å². The zero-order chi connectivity index (χ0) is 12.0.